The first kappa shape index (κ1) is 31.2. The molecule has 0 radical (unpaired) electrons. The highest BCUT2D eigenvalue weighted by Gasteiger charge is 2.55. The van der Waals surface area contributed by atoms with E-state index in [0.717, 1.165) is 0 Å². The normalized spacial score (nSPS) is 28.2. The lowest BCUT2D eigenvalue weighted by Gasteiger charge is -2.33. The van der Waals surface area contributed by atoms with Gasteiger partial charge < -0.3 is 48.6 Å². The summed E-state index contributed by atoms with van der Waals surface area (Å²) in [6.07, 6.45) is -3.38. The molecule has 0 saturated carbocycles. The monoisotopic (exact) mass is 670 g/mol. The smallest absolute Gasteiger partial charge is 0.282 e. The maximum Gasteiger partial charge on any atom is 0.282 e. The van der Waals surface area contributed by atoms with Crippen LogP contribution in [0.25, 0.3) is 11.2 Å². The number of aryl methyl sites for hydroxylation is 2. The van der Waals surface area contributed by atoms with Gasteiger partial charge in [0, 0.05) is 19.3 Å². The SMILES string of the molecule is Cc1nc(=S)c2ncn(C3OC(COP(=O)([O-])OP(=O)([O-])OP(=O)([O-])O)C4OC(C(=O)Nc5ccn(C)n5)OC43)c2[nH]1. The minimum absolute atomic E-state index is 0.171. The number of nitrogens with zero attached hydrogens (tertiary/aromatic N) is 5. The number of rotatable bonds is 10. The molecule has 3 aromatic heterocycles. The van der Waals surface area contributed by atoms with Gasteiger partial charge in [-0.1, -0.05) is 12.2 Å². The molecule has 2 aliphatic heterocycles. The van der Waals surface area contributed by atoms with Crippen LogP contribution in [0.2, 0.25) is 0 Å². The zero-order valence-corrected chi connectivity index (χ0v) is 24.6. The Kier molecular flexibility index (Phi) is 8.42. The predicted molar refractivity (Wildman–Crippen MR) is 130 cm³/mol. The molecule has 230 valence electrons. The maximum atomic E-state index is 12.9. The quantitative estimate of drug-likeness (QED) is 0.165. The van der Waals surface area contributed by atoms with Crippen molar-refractivity contribution in [2.75, 3.05) is 11.9 Å². The molecule has 2 saturated heterocycles. The molecule has 3 N–H and O–H groups in total. The molecule has 0 bridgehead atoms. The number of fused-ring (bicyclic) bond motifs is 2. The third-order valence-corrected chi connectivity index (χ3v) is 9.64. The van der Waals surface area contributed by atoms with Crippen LogP contribution in [0, 0.1) is 11.6 Å². The van der Waals surface area contributed by atoms with Gasteiger partial charge in [0.1, 0.15) is 35.3 Å². The van der Waals surface area contributed by atoms with Crippen molar-refractivity contribution in [3.05, 3.63) is 29.1 Å². The van der Waals surface area contributed by atoms with Gasteiger partial charge >= 0.3 is 0 Å². The van der Waals surface area contributed by atoms with Crippen LogP contribution < -0.4 is 20.0 Å². The summed E-state index contributed by atoms with van der Waals surface area (Å²) < 4.78 is 66.4. The van der Waals surface area contributed by atoms with E-state index in [4.69, 9.17) is 31.3 Å². The fraction of sp³-hybridized carbons (Fsp3) is 0.471. The van der Waals surface area contributed by atoms with E-state index in [1.165, 1.54) is 21.6 Å². The van der Waals surface area contributed by atoms with Crippen LogP contribution in [0.3, 0.4) is 0 Å². The number of aromatic nitrogens is 6. The van der Waals surface area contributed by atoms with Gasteiger partial charge in [0.2, 0.25) is 6.29 Å². The third-order valence-electron chi connectivity index (χ3n) is 5.67. The van der Waals surface area contributed by atoms with Crippen molar-refractivity contribution < 1.29 is 65.4 Å². The second-order valence-corrected chi connectivity index (χ2v) is 13.4. The van der Waals surface area contributed by atoms with E-state index < -0.39 is 66.8 Å². The van der Waals surface area contributed by atoms with Gasteiger partial charge in [0.25, 0.3) is 29.4 Å². The first-order valence-electron chi connectivity index (χ1n) is 11.4. The molecule has 0 aromatic carbocycles. The summed E-state index contributed by atoms with van der Waals surface area (Å²) in [6, 6.07) is 1.51. The van der Waals surface area contributed by atoms with Crippen molar-refractivity contribution in [1.82, 2.24) is 29.3 Å². The molecule has 5 rings (SSSR count). The molecular weight excluding hydrogens is 651 g/mol. The number of phosphoric ester groups is 1. The molecule has 8 unspecified atom stereocenters. The number of phosphoric acid groups is 3. The van der Waals surface area contributed by atoms with Gasteiger partial charge in [0.05, 0.1) is 12.9 Å². The van der Waals surface area contributed by atoms with E-state index in [0.29, 0.717) is 17.0 Å². The number of amides is 1. The van der Waals surface area contributed by atoms with E-state index in [2.05, 4.69) is 38.5 Å². The Balaban J connectivity index is 1.38. The lowest BCUT2D eigenvalue weighted by molar-refractivity contribution is -0.250. The molecule has 8 atom stereocenters. The van der Waals surface area contributed by atoms with E-state index in [1.54, 1.807) is 20.2 Å². The summed E-state index contributed by atoms with van der Waals surface area (Å²) in [5, 5.41) is 6.53. The summed E-state index contributed by atoms with van der Waals surface area (Å²) in [6.45, 7) is 0.676. The van der Waals surface area contributed by atoms with Gasteiger partial charge in [-0.15, -0.1) is 0 Å². The fourth-order valence-corrected chi connectivity index (χ4v) is 7.36. The van der Waals surface area contributed by atoms with Gasteiger partial charge in [0.15, 0.2) is 16.7 Å². The number of carbonyl (C=O) groups is 1. The number of imidazole rings is 1. The van der Waals surface area contributed by atoms with Crippen LogP contribution in [-0.4, -0.2) is 71.3 Å². The van der Waals surface area contributed by atoms with Crippen LogP contribution in [0.15, 0.2) is 18.6 Å². The predicted octanol–water partition coefficient (Wildman–Crippen LogP) is -1.38. The zero-order chi connectivity index (χ0) is 30.6. The zero-order valence-electron chi connectivity index (χ0n) is 21.1. The number of H-pyrrole nitrogens is 1. The van der Waals surface area contributed by atoms with Gasteiger partial charge in [-0.25, -0.2) is 18.6 Å². The highest BCUT2D eigenvalue weighted by molar-refractivity contribution is 7.71. The number of hydrogen-bond acceptors (Lipinski definition) is 17. The summed E-state index contributed by atoms with van der Waals surface area (Å²) in [5.74, 6) is -0.140. The number of ether oxygens (including phenoxy) is 3. The van der Waals surface area contributed by atoms with Crippen LogP contribution in [0.4, 0.5) is 5.82 Å². The Hall–Kier alpha value is -2.26. The Morgan fingerprint density at radius 2 is 1.90 bits per heavy atom. The molecule has 0 aliphatic carbocycles. The van der Waals surface area contributed by atoms with Crippen LogP contribution in [0.1, 0.15) is 12.1 Å². The van der Waals surface area contributed by atoms with E-state index in [9.17, 15) is 33.2 Å². The molecule has 42 heavy (non-hydrogen) atoms. The first-order valence-corrected chi connectivity index (χ1v) is 16.3. The van der Waals surface area contributed by atoms with E-state index in [-0.39, 0.29) is 10.5 Å². The second kappa shape index (κ2) is 11.3. The molecule has 21 nitrogen and oxygen atoms in total. The highest BCUT2D eigenvalue weighted by Crippen LogP contribution is 2.61. The number of nitrogens with one attached hydrogen (secondary N) is 2. The molecule has 0 spiro atoms. The average Bonchev–Trinajstić information content (AvgIpc) is 3.59. The van der Waals surface area contributed by atoms with Crippen molar-refractivity contribution >= 4 is 58.6 Å². The maximum absolute atomic E-state index is 12.9. The Morgan fingerprint density at radius 1 is 1.19 bits per heavy atom. The molecule has 1 amide bonds. The number of aromatic amines is 1. The average molecular weight is 670 g/mol. The Labute approximate surface area is 239 Å². The van der Waals surface area contributed by atoms with Gasteiger partial charge in [-0.3, -0.25) is 27.7 Å². The van der Waals surface area contributed by atoms with Crippen molar-refractivity contribution in [3.8, 4) is 0 Å². The van der Waals surface area contributed by atoms with Gasteiger partial charge in [-0.05, 0) is 6.92 Å². The lowest BCUT2D eigenvalue weighted by atomic mass is 10.1. The van der Waals surface area contributed by atoms with Crippen molar-refractivity contribution in [3.63, 3.8) is 0 Å². The second-order valence-electron chi connectivity index (χ2n) is 8.76. The highest BCUT2D eigenvalue weighted by atomic mass is 32.1. The molecule has 25 heteroatoms. The summed E-state index contributed by atoms with van der Waals surface area (Å²) in [5.41, 5.74) is 0.637. The Bertz CT molecular complexity index is 1720. The number of hydrogen-bond donors (Lipinski definition) is 3. The van der Waals surface area contributed by atoms with E-state index in [1.807, 2.05) is 0 Å². The lowest BCUT2D eigenvalue weighted by Crippen LogP contribution is -2.34. The molecule has 2 aliphatic rings. The van der Waals surface area contributed by atoms with Crippen LogP contribution >= 0.6 is 35.7 Å². The molecule has 2 fully saturated rings. The van der Waals surface area contributed by atoms with E-state index >= 15 is 0 Å². The number of carbonyl (C=O) groups excluding carboxylic acids is 1. The van der Waals surface area contributed by atoms with Crippen molar-refractivity contribution in [1.29, 1.82) is 0 Å². The minimum Gasteiger partial charge on any atom is -0.756 e. The minimum atomic E-state index is -6.13. The van der Waals surface area contributed by atoms with Crippen LogP contribution in [-0.2, 0) is 52.9 Å². The molecular formula is C17H19N7O14P3S-3. The van der Waals surface area contributed by atoms with Crippen LogP contribution in [0.5, 0.6) is 0 Å². The Morgan fingerprint density at radius 3 is 2.57 bits per heavy atom. The molecule has 5 heterocycles. The summed E-state index contributed by atoms with van der Waals surface area (Å²) in [7, 11) is -16.3. The third kappa shape index (κ3) is 6.93. The topological polar surface area (TPSA) is 289 Å². The fourth-order valence-electron chi connectivity index (χ4n) is 4.17. The number of anilines is 1. The standard InChI is InChI=1S/C17H22N7O14P3S/c1-7-19-13-10(15(42)20-7)18-6-24(13)16-12-11(35-17(36-12)14(25)21-9-3-4-23(2)22-9)8(34-16)5-33-40(29,30)38-41(31,32)37-39(26,27)28/h3-4,6,8,11-12,16-17H,5H2,1-2H3,(H,29,30)(H,31,32)(H,19,20,42)(H,21,22,25)(H2,26,27,28)/p-3. The van der Waals surface area contributed by atoms with Crippen molar-refractivity contribution in [2.24, 2.45) is 7.05 Å². The largest absolute Gasteiger partial charge is 0.756 e. The molecule has 3 aromatic rings. The summed E-state index contributed by atoms with van der Waals surface area (Å²) >= 11 is 5.25. The first-order chi connectivity index (χ1) is 19.5. The van der Waals surface area contributed by atoms with Gasteiger partial charge in [-0.2, -0.15) is 5.10 Å². The summed E-state index contributed by atoms with van der Waals surface area (Å²) in [4.78, 5) is 67.1. The van der Waals surface area contributed by atoms with Crippen molar-refractivity contribution in [2.45, 2.75) is 37.8 Å².